The molecule has 160 valence electrons. The number of halogens is 1. The number of benzene rings is 2. The lowest BCUT2D eigenvalue weighted by Gasteiger charge is -2.33. The number of hydrogen-bond donors (Lipinski definition) is 1. The zero-order valence-electron chi connectivity index (χ0n) is 17.9. The maximum absolute atomic E-state index is 13.3. The number of nitrogens with one attached hydrogen (secondary N) is 1. The average Bonchev–Trinajstić information content (AvgIpc) is 3.45. The zero-order chi connectivity index (χ0) is 21.3. The van der Waals surface area contributed by atoms with E-state index in [0.29, 0.717) is 30.2 Å². The third-order valence-corrected chi connectivity index (χ3v) is 6.19. The number of nitrogens with zero attached hydrogens (tertiary/aromatic N) is 1. The van der Waals surface area contributed by atoms with Crippen molar-refractivity contribution in [2.24, 2.45) is 5.41 Å². The molecule has 2 aromatic carbocycles. The molecule has 1 heterocycles. The van der Waals surface area contributed by atoms with Crippen molar-refractivity contribution in [3.05, 3.63) is 47.3 Å². The molecule has 0 spiro atoms. The Morgan fingerprint density at radius 3 is 2.57 bits per heavy atom. The van der Waals surface area contributed by atoms with E-state index < -0.39 is 0 Å². The predicted molar refractivity (Wildman–Crippen MR) is 116 cm³/mol. The maximum Gasteiger partial charge on any atom is 0.225 e. The first kappa shape index (κ1) is 20.5. The number of ether oxygens (including phenoxy) is 2. The van der Waals surface area contributed by atoms with Gasteiger partial charge in [-0.2, -0.15) is 0 Å². The number of methoxy groups -OCH3 is 2. The molecule has 0 saturated heterocycles. The van der Waals surface area contributed by atoms with Crippen molar-refractivity contribution in [3.8, 4) is 11.5 Å². The summed E-state index contributed by atoms with van der Waals surface area (Å²) in [5.41, 5.74) is 3.88. The Kier molecular flexibility index (Phi) is 5.58. The molecule has 0 unspecified atom stereocenters. The second-order valence-electron chi connectivity index (χ2n) is 8.67. The predicted octanol–water partition coefficient (Wildman–Crippen LogP) is 4.92. The highest BCUT2D eigenvalue weighted by Gasteiger charge is 2.39. The Morgan fingerprint density at radius 1 is 1.20 bits per heavy atom. The van der Waals surface area contributed by atoms with E-state index in [2.05, 4.69) is 17.1 Å². The van der Waals surface area contributed by atoms with Crippen molar-refractivity contribution in [1.29, 1.82) is 0 Å². The summed E-state index contributed by atoms with van der Waals surface area (Å²) in [7, 11) is 3.23. The molecule has 1 N–H and O–H groups in total. The summed E-state index contributed by atoms with van der Waals surface area (Å²) in [5, 5.41) is 3.05. The van der Waals surface area contributed by atoms with E-state index in [1.807, 2.05) is 18.2 Å². The number of carbonyl (C=O) groups is 1. The van der Waals surface area contributed by atoms with Gasteiger partial charge in [0.15, 0.2) is 5.75 Å². The second-order valence-corrected chi connectivity index (χ2v) is 8.67. The van der Waals surface area contributed by atoms with E-state index in [4.69, 9.17) is 9.47 Å². The van der Waals surface area contributed by atoms with Gasteiger partial charge in [0.1, 0.15) is 17.3 Å². The summed E-state index contributed by atoms with van der Waals surface area (Å²) in [6.45, 7) is 3.70. The van der Waals surface area contributed by atoms with Gasteiger partial charge in [-0.05, 0) is 48.8 Å². The van der Waals surface area contributed by atoms with Crippen molar-refractivity contribution in [3.63, 3.8) is 0 Å². The molecule has 1 saturated carbocycles. The number of fused-ring (bicyclic) bond motifs is 1. The van der Waals surface area contributed by atoms with Crippen molar-refractivity contribution >= 4 is 17.3 Å². The van der Waals surface area contributed by atoms with Crippen LogP contribution in [0.15, 0.2) is 30.3 Å². The van der Waals surface area contributed by atoms with E-state index in [-0.39, 0.29) is 17.1 Å². The summed E-state index contributed by atoms with van der Waals surface area (Å²) in [5.74, 6) is 1.01. The van der Waals surface area contributed by atoms with Crippen LogP contribution >= 0.6 is 0 Å². The third-order valence-electron chi connectivity index (χ3n) is 6.19. The van der Waals surface area contributed by atoms with Crippen LogP contribution in [0.3, 0.4) is 0 Å². The van der Waals surface area contributed by atoms with Gasteiger partial charge in [0.05, 0.1) is 14.2 Å². The molecule has 0 aromatic heterocycles. The van der Waals surface area contributed by atoms with Crippen LogP contribution in [0.1, 0.15) is 43.7 Å². The molecule has 1 aliphatic carbocycles. The summed E-state index contributed by atoms with van der Waals surface area (Å²) >= 11 is 0. The van der Waals surface area contributed by atoms with E-state index in [0.717, 1.165) is 49.0 Å². The summed E-state index contributed by atoms with van der Waals surface area (Å²) in [6.07, 6.45) is 4.53. The molecule has 0 radical (unpaired) electrons. The molecule has 6 heteroatoms. The minimum atomic E-state index is -0.235. The van der Waals surface area contributed by atoms with Crippen LogP contribution in [-0.2, 0) is 17.8 Å². The number of hydrogen-bond acceptors (Lipinski definition) is 4. The number of amides is 1. The molecular weight excluding hydrogens is 383 g/mol. The number of anilines is 2. The van der Waals surface area contributed by atoms with Crippen LogP contribution in [0, 0.1) is 11.2 Å². The van der Waals surface area contributed by atoms with Gasteiger partial charge < -0.3 is 19.7 Å². The fourth-order valence-electron chi connectivity index (χ4n) is 4.19. The molecule has 2 aromatic rings. The van der Waals surface area contributed by atoms with Gasteiger partial charge in [-0.25, -0.2) is 4.39 Å². The molecule has 1 aliphatic heterocycles. The highest BCUT2D eigenvalue weighted by Crippen LogP contribution is 2.49. The minimum absolute atomic E-state index is 0.00877. The Labute approximate surface area is 177 Å². The molecule has 2 aliphatic rings. The largest absolute Gasteiger partial charge is 0.494 e. The van der Waals surface area contributed by atoms with Crippen molar-refractivity contribution in [2.75, 3.05) is 31.0 Å². The first-order valence-electron chi connectivity index (χ1n) is 10.5. The second kappa shape index (κ2) is 8.17. The molecule has 0 bridgehead atoms. The molecule has 4 rings (SSSR count). The lowest BCUT2D eigenvalue weighted by atomic mass is 9.97. The first-order chi connectivity index (χ1) is 14.4. The van der Waals surface area contributed by atoms with E-state index >= 15 is 0 Å². The number of carbonyl (C=O) groups excluding carboxylic acids is 1. The van der Waals surface area contributed by atoms with Crippen LogP contribution in [0.4, 0.5) is 15.8 Å². The topological polar surface area (TPSA) is 50.8 Å². The molecule has 30 heavy (non-hydrogen) atoms. The number of rotatable bonds is 7. The van der Waals surface area contributed by atoms with Crippen LogP contribution in [0.5, 0.6) is 11.5 Å². The van der Waals surface area contributed by atoms with Gasteiger partial charge in [-0.15, -0.1) is 0 Å². The monoisotopic (exact) mass is 412 g/mol. The Bertz CT molecular complexity index is 938. The smallest absolute Gasteiger partial charge is 0.225 e. The fraction of sp³-hybridized carbons (Fsp3) is 0.458. The Morgan fingerprint density at radius 2 is 1.93 bits per heavy atom. The highest BCUT2D eigenvalue weighted by atomic mass is 19.1. The average molecular weight is 413 g/mol. The van der Waals surface area contributed by atoms with Crippen molar-refractivity contribution < 1.29 is 18.7 Å². The van der Waals surface area contributed by atoms with Gasteiger partial charge in [0, 0.05) is 36.8 Å². The SMILES string of the molecule is COc1cc2c(c(OC)c1NC(=O)CC1(C)CC1)CCCN2Cc1ccc(F)cc1. The normalized spacial score (nSPS) is 16.6. The standard InChI is InChI=1S/C24H29FN2O3/c1-24(10-11-24)14-21(28)26-22-20(29-2)13-19-18(23(22)30-3)5-4-12-27(19)15-16-6-8-17(25)9-7-16/h6-9,13H,4-5,10-12,14-15H2,1-3H3,(H,26,28). The molecular formula is C24H29FN2O3. The van der Waals surface area contributed by atoms with Gasteiger partial charge in [-0.1, -0.05) is 19.1 Å². The first-order valence-corrected chi connectivity index (χ1v) is 10.5. The van der Waals surface area contributed by atoms with E-state index in [9.17, 15) is 9.18 Å². The zero-order valence-corrected chi connectivity index (χ0v) is 17.9. The molecule has 1 fully saturated rings. The lowest BCUT2D eigenvalue weighted by molar-refractivity contribution is -0.117. The van der Waals surface area contributed by atoms with Gasteiger partial charge in [0.2, 0.25) is 5.91 Å². The van der Waals surface area contributed by atoms with Crippen LogP contribution in [0.25, 0.3) is 0 Å². The van der Waals surface area contributed by atoms with E-state index in [1.54, 1.807) is 14.2 Å². The summed E-state index contributed by atoms with van der Waals surface area (Å²) < 4.78 is 24.7. The maximum atomic E-state index is 13.3. The Hall–Kier alpha value is -2.76. The van der Waals surface area contributed by atoms with Crippen molar-refractivity contribution in [2.45, 2.75) is 45.6 Å². The quantitative estimate of drug-likeness (QED) is 0.701. The lowest BCUT2D eigenvalue weighted by Crippen LogP contribution is -2.29. The van der Waals surface area contributed by atoms with Crippen LogP contribution in [0.2, 0.25) is 0 Å². The fourth-order valence-corrected chi connectivity index (χ4v) is 4.19. The van der Waals surface area contributed by atoms with Crippen LogP contribution < -0.4 is 19.7 Å². The van der Waals surface area contributed by atoms with Gasteiger partial charge in [0.25, 0.3) is 0 Å². The highest BCUT2D eigenvalue weighted by molar-refractivity contribution is 5.96. The minimum Gasteiger partial charge on any atom is -0.494 e. The summed E-state index contributed by atoms with van der Waals surface area (Å²) in [6, 6.07) is 8.58. The van der Waals surface area contributed by atoms with Gasteiger partial charge >= 0.3 is 0 Å². The van der Waals surface area contributed by atoms with E-state index in [1.165, 1.54) is 12.1 Å². The third kappa shape index (κ3) is 4.23. The van der Waals surface area contributed by atoms with Crippen molar-refractivity contribution in [1.82, 2.24) is 0 Å². The molecule has 1 amide bonds. The summed E-state index contributed by atoms with van der Waals surface area (Å²) in [4.78, 5) is 14.9. The Balaban J connectivity index is 1.65. The molecule has 5 nitrogen and oxygen atoms in total. The van der Waals surface area contributed by atoms with Crippen LogP contribution in [-0.4, -0.2) is 26.7 Å². The van der Waals surface area contributed by atoms with Gasteiger partial charge in [-0.3, -0.25) is 4.79 Å². The molecule has 0 atom stereocenters.